The van der Waals surface area contributed by atoms with Crippen molar-refractivity contribution in [3.63, 3.8) is 0 Å². The summed E-state index contributed by atoms with van der Waals surface area (Å²) in [6.45, 7) is 0. The van der Waals surface area contributed by atoms with Crippen LogP contribution in [0.25, 0.3) is 0 Å². The molecule has 0 amide bonds. The fourth-order valence-corrected chi connectivity index (χ4v) is 1.99. The summed E-state index contributed by atoms with van der Waals surface area (Å²) in [4.78, 5) is 7.93. The first-order valence-corrected chi connectivity index (χ1v) is 8.17. The number of hydrogen-bond donors (Lipinski definition) is 5. The Morgan fingerprint density at radius 2 is 1.91 bits per heavy atom. The van der Waals surface area contributed by atoms with Crippen LogP contribution in [0, 0.1) is 0 Å². The molecule has 4 N–H and O–H groups in total. The molecule has 2 rings (SSSR count). The first-order valence-electron chi connectivity index (χ1n) is 6.52. The van der Waals surface area contributed by atoms with Crippen molar-refractivity contribution in [3.05, 3.63) is 52.5 Å². The number of amidine groups is 1. The van der Waals surface area contributed by atoms with Gasteiger partial charge in [0.15, 0.2) is 5.75 Å². The molecule has 124 valence electrons. The number of nitrogens with one attached hydrogen (secondary N) is 3. The number of hydroxylamine groups is 1. The van der Waals surface area contributed by atoms with E-state index in [1.165, 1.54) is 0 Å². The van der Waals surface area contributed by atoms with Crippen LogP contribution in [0.1, 0.15) is 0 Å². The Balaban J connectivity index is 0.00000127. The lowest BCUT2D eigenvalue weighted by Crippen LogP contribution is -2.68. The molecule has 2 aromatic rings. The Hall–Kier alpha value is -1.60. The summed E-state index contributed by atoms with van der Waals surface area (Å²) >= 11 is 15.4. The van der Waals surface area contributed by atoms with Gasteiger partial charge in [-0.15, -0.1) is 0 Å². The van der Waals surface area contributed by atoms with E-state index in [0.717, 1.165) is 0 Å². The summed E-state index contributed by atoms with van der Waals surface area (Å²) in [5.41, 5.74) is 3.81. The van der Waals surface area contributed by atoms with Crippen molar-refractivity contribution in [2.24, 2.45) is 0 Å². The maximum absolute atomic E-state index is 9.90. The van der Waals surface area contributed by atoms with Crippen molar-refractivity contribution in [3.8, 4) is 5.75 Å². The van der Waals surface area contributed by atoms with Gasteiger partial charge in [0, 0.05) is 24.2 Å². The molecular formula is C15H18Cl2N3O2S+. The van der Waals surface area contributed by atoms with Crippen LogP contribution in [-0.2, 0) is 0 Å². The molecule has 0 aliphatic carbocycles. The Bertz CT molecular complexity index is 669. The van der Waals surface area contributed by atoms with E-state index in [2.05, 4.69) is 28.4 Å². The van der Waals surface area contributed by atoms with Crippen molar-refractivity contribution >= 4 is 53.2 Å². The monoisotopic (exact) mass is 374 g/mol. The van der Waals surface area contributed by atoms with Crippen LogP contribution >= 0.6 is 35.8 Å². The zero-order valence-electron chi connectivity index (χ0n) is 12.6. The lowest BCUT2D eigenvalue weighted by molar-refractivity contribution is -0.365. The van der Waals surface area contributed by atoms with Crippen molar-refractivity contribution in [2.75, 3.05) is 18.6 Å². The highest BCUT2D eigenvalue weighted by Gasteiger charge is 2.08. The highest BCUT2D eigenvalue weighted by molar-refractivity contribution is 7.79. The number of thiol groups is 1. The topological polar surface area (TPSA) is 67.5 Å². The molecule has 2 aromatic carbocycles. The fraction of sp³-hybridized carbons (Fsp3) is 0.133. The molecule has 0 aliphatic heterocycles. The van der Waals surface area contributed by atoms with Gasteiger partial charge in [0.25, 0.3) is 0 Å². The van der Waals surface area contributed by atoms with Crippen molar-refractivity contribution in [2.45, 2.75) is 0 Å². The molecule has 0 unspecified atom stereocenters. The summed E-state index contributed by atoms with van der Waals surface area (Å²) in [7, 11) is 1.63. The van der Waals surface area contributed by atoms with E-state index >= 15 is 0 Å². The second-order valence-corrected chi connectivity index (χ2v) is 4.90. The fourth-order valence-electron chi connectivity index (χ4n) is 1.64. The lowest BCUT2D eigenvalue weighted by Gasteiger charge is -2.05. The average Bonchev–Trinajstić information content (AvgIpc) is 2.53. The summed E-state index contributed by atoms with van der Waals surface area (Å²) in [5, 5.41) is 13.7. The van der Waals surface area contributed by atoms with Crippen LogP contribution in [0.4, 0.5) is 11.4 Å². The van der Waals surface area contributed by atoms with Gasteiger partial charge in [0.1, 0.15) is 11.4 Å². The van der Waals surface area contributed by atoms with Crippen LogP contribution in [-0.4, -0.2) is 24.4 Å². The van der Waals surface area contributed by atoms with Crippen molar-refractivity contribution in [1.29, 1.82) is 0 Å². The zero-order valence-corrected chi connectivity index (χ0v) is 15.0. The van der Waals surface area contributed by atoms with Gasteiger partial charge in [-0.1, -0.05) is 29.3 Å². The van der Waals surface area contributed by atoms with Gasteiger partial charge in [-0.2, -0.15) is 18.1 Å². The number of halogens is 2. The first-order chi connectivity index (χ1) is 11.1. The number of aliphatic hydroxyl groups is 1. The predicted octanol–water partition coefficient (Wildman–Crippen LogP) is 2.79. The molecule has 0 aliphatic rings. The summed E-state index contributed by atoms with van der Waals surface area (Å²) in [5.74, 6) is 0.444. The minimum Gasteiger partial charge on any atom is -0.447 e. The lowest BCUT2D eigenvalue weighted by atomic mass is 10.3. The molecule has 0 spiro atoms. The molecule has 23 heavy (non-hydrogen) atoms. The molecule has 0 saturated heterocycles. The SMILES string of the molecule is CNOc1cc([NH+]=C(O)Nc2cccc(Cl)c2)ccc1Cl.CS. The maximum atomic E-state index is 9.90. The van der Waals surface area contributed by atoms with E-state index in [1.807, 2.05) is 0 Å². The third-order valence-corrected chi connectivity index (χ3v) is 3.04. The van der Waals surface area contributed by atoms with E-state index in [4.69, 9.17) is 28.0 Å². The van der Waals surface area contributed by atoms with Crippen LogP contribution in [0.2, 0.25) is 10.0 Å². The second kappa shape index (κ2) is 10.2. The van der Waals surface area contributed by atoms with Crippen LogP contribution in [0.15, 0.2) is 42.5 Å². The Kier molecular flexibility index (Phi) is 8.65. The van der Waals surface area contributed by atoms with E-state index in [1.54, 1.807) is 55.8 Å². The van der Waals surface area contributed by atoms with E-state index in [9.17, 15) is 5.11 Å². The Labute approximate surface area is 150 Å². The van der Waals surface area contributed by atoms with Gasteiger partial charge in [0.05, 0.1) is 5.02 Å². The Morgan fingerprint density at radius 3 is 2.57 bits per heavy atom. The molecule has 0 bridgehead atoms. The number of benzene rings is 2. The average molecular weight is 375 g/mol. The maximum Gasteiger partial charge on any atom is 0.449 e. The molecule has 0 heterocycles. The van der Waals surface area contributed by atoms with Crippen molar-refractivity contribution < 1.29 is 14.9 Å². The molecule has 5 nitrogen and oxygen atoms in total. The molecule has 0 aromatic heterocycles. The minimum atomic E-state index is -0.144. The van der Waals surface area contributed by atoms with Crippen LogP contribution in [0.5, 0.6) is 5.75 Å². The number of rotatable bonds is 4. The highest BCUT2D eigenvalue weighted by atomic mass is 35.5. The minimum absolute atomic E-state index is 0.144. The van der Waals surface area contributed by atoms with Crippen LogP contribution < -0.4 is 20.6 Å². The molecular weight excluding hydrogens is 357 g/mol. The Morgan fingerprint density at radius 1 is 1.17 bits per heavy atom. The largest absolute Gasteiger partial charge is 0.449 e. The molecule has 8 heteroatoms. The standard InChI is InChI=1S/C14H13Cl2N3O2.CH4S/c1-17-21-13-8-11(5-6-12(13)16)19-14(20)18-10-4-2-3-9(15)7-10;1-2/h2-8,17H,1H3,(H2,18,19,20);2H,1H3/p+1. The highest BCUT2D eigenvalue weighted by Crippen LogP contribution is 2.25. The van der Waals surface area contributed by atoms with Gasteiger partial charge in [-0.25, -0.2) is 10.3 Å². The number of hydrogen-bond acceptors (Lipinski definition) is 3. The third kappa shape index (κ3) is 6.58. The van der Waals surface area contributed by atoms with E-state index in [0.29, 0.717) is 27.2 Å². The van der Waals surface area contributed by atoms with E-state index in [-0.39, 0.29) is 6.02 Å². The second-order valence-electron chi connectivity index (χ2n) is 4.06. The smallest absolute Gasteiger partial charge is 0.447 e. The van der Waals surface area contributed by atoms with Crippen LogP contribution in [0.3, 0.4) is 0 Å². The molecule has 0 saturated carbocycles. The normalized spacial score (nSPS) is 10.6. The molecule has 0 fully saturated rings. The summed E-state index contributed by atoms with van der Waals surface area (Å²) in [6.07, 6.45) is 1.69. The van der Waals surface area contributed by atoms with Gasteiger partial charge in [-0.05, 0) is 30.5 Å². The van der Waals surface area contributed by atoms with Gasteiger partial charge < -0.3 is 9.94 Å². The summed E-state index contributed by atoms with van der Waals surface area (Å²) in [6, 6.07) is 11.9. The number of anilines is 1. The molecule has 0 radical (unpaired) electrons. The predicted molar refractivity (Wildman–Crippen MR) is 99.4 cm³/mol. The van der Waals surface area contributed by atoms with Gasteiger partial charge in [-0.3, -0.25) is 0 Å². The van der Waals surface area contributed by atoms with Gasteiger partial charge in [0.2, 0.25) is 0 Å². The van der Waals surface area contributed by atoms with Crippen molar-refractivity contribution in [1.82, 2.24) is 5.48 Å². The quantitative estimate of drug-likeness (QED) is 0.247. The zero-order chi connectivity index (χ0) is 17.2. The summed E-state index contributed by atoms with van der Waals surface area (Å²) < 4.78 is 0. The molecule has 0 atom stereocenters. The third-order valence-electron chi connectivity index (χ3n) is 2.49. The van der Waals surface area contributed by atoms with E-state index < -0.39 is 0 Å². The number of aliphatic hydroxyl groups excluding tert-OH is 1. The van der Waals surface area contributed by atoms with Gasteiger partial charge >= 0.3 is 6.02 Å². The first kappa shape index (κ1) is 19.4.